The molecule has 0 radical (unpaired) electrons. The Bertz CT molecular complexity index is 1780. The number of carbonyl (C=O) groups excluding carboxylic acids is 1. The lowest BCUT2D eigenvalue weighted by atomic mass is 9.89. The number of aliphatic carboxylic acids is 1. The fourth-order valence-corrected chi connectivity index (χ4v) is 5.69. The quantitative estimate of drug-likeness (QED) is 0.167. The van der Waals surface area contributed by atoms with E-state index < -0.39 is 76.3 Å². The Morgan fingerprint density at radius 2 is 1.65 bits per heavy atom. The van der Waals surface area contributed by atoms with E-state index in [1.807, 2.05) is 0 Å². The minimum absolute atomic E-state index is 0.0986. The fraction of sp³-hybridized carbons (Fsp3) is 0.400. The first-order chi connectivity index (χ1) is 22.3. The number of hydrogen-bond acceptors (Lipinski definition) is 4. The highest BCUT2D eigenvalue weighted by molar-refractivity contribution is 5.82. The number of halogens is 6. The van der Waals surface area contributed by atoms with Gasteiger partial charge in [0.15, 0.2) is 0 Å². The van der Waals surface area contributed by atoms with Gasteiger partial charge in [0.1, 0.15) is 23.5 Å². The van der Waals surface area contributed by atoms with Gasteiger partial charge in [-0.2, -0.15) is 13.2 Å². The van der Waals surface area contributed by atoms with Crippen molar-refractivity contribution in [2.75, 3.05) is 20.6 Å². The number of carboxylic acids is 1. The van der Waals surface area contributed by atoms with Crippen LogP contribution in [0.2, 0.25) is 0 Å². The van der Waals surface area contributed by atoms with Crippen molar-refractivity contribution < 1.29 is 41.0 Å². The van der Waals surface area contributed by atoms with Gasteiger partial charge in [0.05, 0.1) is 23.6 Å². The number of nitrogens with one attached hydrogen (secondary N) is 1. The molecule has 0 aliphatic rings. The van der Waals surface area contributed by atoms with E-state index in [0.29, 0.717) is 6.07 Å². The molecule has 0 fully saturated rings. The molecule has 0 aliphatic heterocycles. The molecular weight excluding hydrogens is 640 g/mol. The summed E-state index contributed by atoms with van der Waals surface area (Å²) >= 11 is 0. The van der Waals surface area contributed by atoms with Crippen LogP contribution in [0.3, 0.4) is 0 Å². The molecule has 7 nitrogen and oxygen atoms in total. The van der Waals surface area contributed by atoms with Crippen molar-refractivity contribution in [1.82, 2.24) is 14.8 Å². The molecule has 1 aromatic heterocycles. The molecule has 0 bridgehead atoms. The summed E-state index contributed by atoms with van der Waals surface area (Å²) in [7, 11) is 3.30. The number of benzene rings is 2. The van der Waals surface area contributed by atoms with Crippen LogP contribution in [-0.2, 0) is 22.2 Å². The molecule has 2 atom stereocenters. The Kier molecular flexibility index (Phi) is 11.9. The van der Waals surface area contributed by atoms with E-state index in [1.165, 1.54) is 13.8 Å². The van der Waals surface area contributed by atoms with Crippen LogP contribution in [0.25, 0.3) is 11.1 Å². The van der Waals surface area contributed by atoms with Crippen molar-refractivity contribution in [2.45, 2.75) is 65.2 Å². The molecule has 258 valence electrons. The average Bonchev–Trinajstić information content (AvgIpc) is 2.94. The highest BCUT2D eigenvalue weighted by atomic mass is 19.4. The van der Waals surface area contributed by atoms with Gasteiger partial charge in [-0.1, -0.05) is 19.8 Å². The van der Waals surface area contributed by atoms with Crippen LogP contribution in [0.15, 0.2) is 35.3 Å². The second-order valence-corrected chi connectivity index (χ2v) is 12.4. The van der Waals surface area contributed by atoms with E-state index in [9.17, 15) is 37.1 Å². The van der Waals surface area contributed by atoms with Gasteiger partial charge in [0.25, 0.3) is 5.56 Å². The predicted octanol–water partition coefficient (Wildman–Crippen LogP) is 6.57. The maximum Gasteiger partial charge on any atom is 0.416 e. The molecule has 48 heavy (non-hydrogen) atoms. The number of amides is 1. The summed E-state index contributed by atoms with van der Waals surface area (Å²) in [4.78, 5) is 40.7. The number of rotatable bonds is 12. The number of hydrogen-bond donors (Lipinski definition) is 2. The minimum Gasteiger partial charge on any atom is -0.481 e. The molecular formula is C35H37F6N3O4. The molecule has 1 amide bonds. The number of nitrogens with zero attached hydrogens (tertiary/aromatic N) is 2. The predicted molar refractivity (Wildman–Crippen MR) is 169 cm³/mol. The van der Waals surface area contributed by atoms with Crippen molar-refractivity contribution in [3.63, 3.8) is 0 Å². The molecule has 0 saturated heterocycles. The lowest BCUT2D eigenvalue weighted by Gasteiger charge is -2.27. The molecule has 0 spiro atoms. The number of carboxylic acid groups (broad SMARTS) is 1. The van der Waals surface area contributed by atoms with Crippen molar-refractivity contribution in [1.29, 1.82) is 0 Å². The maximum atomic E-state index is 16.4. The molecule has 0 aliphatic carbocycles. The molecule has 0 unspecified atom stereocenters. The largest absolute Gasteiger partial charge is 0.481 e. The second kappa shape index (κ2) is 15.1. The standard InChI is InChI=1S/C35H37F6N3O4/c1-8-21-14-24(30-19(4)12-23(36)13-20(30)5)33(38)31(32(21)37)26(16-29(46)47)42-34(48)27(11-18(2)3)44-17-22(9-10-43(6)7)25(15-28(44)45)35(39,40)41/h1,12-15,17-18,26-27H,9-11,16H2,2-7H3,(H,42,48)(H,46,47)/t26-,27-/m1/s1. The van der Waals surface area contributed by atoms with Crippen LogP contribution < -0.4 is 10.9 Å². The normalized spacial score (nSPS) is 13.0. The van der Waals surface area contributed by atoms with Crippen LogP contribution in [0.4, 0.5) is 26.3 Å². The van der Waals surface area contributed by atoms with Gasteiger partial charge in [-0.25, -0.2) is 13.2 Å². The number of carbonyl (C=O) groups is 2. The van der Waals surface area contributed by atoms with Gasteiger partial charge in [-0.3, -0.25) is 14.4 Å². The lowest BCUT2D eigenvalue weighted by Crippen LogP contribution is -2.41. The Balaban J connectivity index is 2.24. The van der Waals surface area contributed by atoms with Crippen molar-refractivity contribution in [2.24, 2.45) is 5.92 Å². The van der Waals surface area contributed by atoms with Crippen molar-refractivity contribution in [3.05, 3.63) is 91.6 Å². The summed E-state index contributed by atoms with van der Waals surface area (Å²) in [6, 6.07) is 0.313. The molecule has 2 aromatic carbocycles. The smallest absolute Gasteiger partial charge is 0.416 e. The first-order valence-electron chi connectivity index (χ1n) is 15.0. The van der Waals surface area contributed by atoms with E-state index in [1.54, 1.807) is 32.8 Å². The number of likely N-dealkylation sites (N-methyl/N-ethyl adjacent to an activating group) is 1. The Hall–Kier alpha value is -4.57. The Labute approximate surface area is 274 Å². The molecule has 3 aromatic rings. The molecule has 13 heteroatoms. The van der Waals surface area contributed by atoms with Gasteiger partial charge in [-0.15, -0.1) is 6.42 Å². The van der Waals surface area contributed by atoms with Gasteiger partial charge >= 0.3 is 12.1 Å². The summed E-state index contributed by atoms with van der Waals surface area (Å²) in [6.07, 6.45) is 0.353. The third-order valence-corrected chi connectivity index (χ3v) is 7.83. The third kappa shape index (κ3) is 8.66. The summed E-state index contributed by atoms with van der Waals surface area (Å²) in [5, 5.41) is 12.1. The zero-order chi connectivity index (χ0) is 36.2. The second-order valence-electron chi connectivity index (χ2n) is 12.4. The first-order valence-corrected chi connectivity index (χ1v) is 15.0. The van der Waals surface area contributed by atoms with E-state index in [4.69, 9.17) is 6.42 Å². The molecule has 3 rings (SSSR count). The third-order valence-electron chi connectivity index (χ3n) is 7.83. The zero-order valence-electron chi connectivity index (χ0n) is 27.4. The fourth-order valence-electron chi connectivity index (χ4n) is 5.69. The number of aromatic nitrogens is 1. The summed E-state index contributed by atoms with van der Waals surface area (Å²) in [6.45, 7) is 6.54. The Morgan fingerprint density at radius 1 is 1.04 bits per heavy atom. The van der Waals surface area contributed by atoms with Gasteiger partial charge in [0, 0.05) is 29.9 Å². The number of pyridine rings is 1. The topological polar surface area (TPSA) is 91.6 Å². The summed E-state index contributed by atoms with van der Waals surface area (Å²) < 4.78 is 88.8. The zero-order valence-corrected chi connectivity index (χ0v) is 27.4. The Morgan fingerprint density at radius 3 is 2.15 bits per heavy atom. The number of aryl methyl sites for hydroxylation is 2. The van der Waals surface area contributed by atoms with Gasteiger partial charge in [0.2, 0.25) is 5.91 Å². The van der Waals surface area contributed by atoms with E-state index in [0.717, 1.165) is 29.0 Å². The first kappa shape index (κ1) is 37.9. The van der Waals surface area contributed by atoms with Crippen LogP contribution >= 0.6 is 0 Å². The van der Waals surface area contributed by atoms with Gasteiger partial charge in [-0.05, 0) is 87.2 Å². The monoisotopic (exact) mass is 677 g/mol. The molecule has 1 heterocycles. The van der Waals surface area contributed by atoms with Crippen molar-refractivity contribution in [3.8, 4) is 23.5 Å². The maximum absolute atomic E-state index is 16.4. The van der Waals surface area contributed by atoms with Crippen LogP contribution in [-0.4, -0.2) is 47.1 Å². The van der Waals surface area contributed by atoms with E-state index in [-0.39, 0.29) is 53.1 Å². The van der Waals surface area contributed by atoms with Crippen molar-refractivity contribution >= 4 is 11.9 Å². The van der Waals surface area contributed by atoms with E-state index >= 15 is 8.78 Å². The minimum atomic E-state index is -4.86. The highest BCUT2D eigenvalue weighted by Gasteiger charge is 2.36. The summed E-state index contributed by atoms with van der Waals surface area (Å²) in [5.41, 5.74) is -3.45. The van der Waals surface area contributed by atoms with Gasteiger partial charge < -0.3 is 19.9 Å². The SMILES string of the molecule is C#Cc1cc(-c2c(C)cc(F)cc2C)c(F)c([C@@H](CC(=O)O)NC(=O)[C@@H](CC(C)C)n2cc(CCN(C)C)c(C(F)(F)F)cc2=O)c1F. The highest BCUT2D eigenvalue weighted by Crippen LogP contribution is 2.37. The number of alkyl halides is 3. The van der Waals surface area contributed by atoms with Crippen LogP contribution in [0.5, 0.6) is 0 Å². The lowest BCUT2D eigenvalue weighted by molar-refractivity contribution is -0.139. The van der Waals surface area contributed by atoms with E-state index in [2.05, 4.69) is 11.2 Å². The summed E-state index contributed by atoms with van der Waals surface area (Å²) in [5.74, 6) is -4.02. The van der Waals surface area contributed by atoms with Crippen LogP contribution in [0.1, 0.15) is 72.2 Å². The average molecular weight is 678 g/mol. The molecule has 2 N–H and O–H groups in total. The van der Waals surface area contributed by atoms with Crippen LogP contribution in [0, 0.1) is 49.6 Å². The molecule has 0 saturated carbocycles. The number of terminal acetylenes is 1.